The molecule has 6 heteroatoms. The van der Waals surface area contributed by atoms with Crippen LogP contribution >= 0.6 is 0 Å². The first-order chi connectivity index (χ1) is 11.9. The molecule has 0 unspecified atom stereocenters. The summed E-state index contributed by atoms with van der Waals surface area (Å²) < 4.78 is 22.9. The highest BCUT2D eigenvalue weighted by atomic mass is 32.2. The van der Waals surface area contributed by atoms with Gasteiger partial charge in [-0.2, -0.15) is 5.26 Å². The zero-order valence-electron chi connectivity index (χ0n) is 13.6. The Hall–Kier alpha value is -2.49. The summed E-state index contributed by atoms with van der Waals surface area (Å²) >= 11 is 0. The second-order valence-electron chi connectivity index (χ2n) is 6.92. The van der Waals surface area contributed by atoms with Crippen LogP contribution in [-0.2, 0) is 10.0 Å². The first-order valence-electron chi connectivity index (χ1n) is 8.12. The second-order valence-corrected chi connectivity index (χ2v) is 8.49. The molecule has 1 spiro atoms. The highest BCUT2D eigenvalue weighted by Crippen LogP contribution is 2.63. The van der Waals surface area contributed by atoms with Crippen molar-refractivity contribution in [3.05, 3.63) is 59.4 Å². The summed E-state index contributed by atoms with van der Waals surface area (Å²) in [5.74, 6) is 0. The van der Waals surface area contributed by atoms with Crippen LogP contribution in [0.4, 0.5) is 0 Å². The van der Waals surface area contributed by atoms with Crippen LogP contribution in [0.15, 0.2) is 47.5 Å². The largest absolute Gasteiger partial charge is 0.245 e. The SMILES string of the molecule is N#Cc1ccc(C2=C(c3ccc(S(N)(=O)=O)cc3)CC3(CC3)C2)cn1. The van der Waals surface area contributed by atoms with Crippen LogP contribution < -0.4 is 5.14 Å². The normalized spacial score (nSPS) is 18.4. The van der Waals surface area contributed by atoms with Crippen molar-refractivity contribution in [1.29, 1.82) is 5.26 Å². The van der Waals surface area contributed by atoms with Crippen molar-refractivity contribution in [1.82, 2.24) is 4.98 Å². The third-order valence-electron chi connectivity index (χ3n) is 5.18. The van der Waals surface area contributed by atoms with Gasteiger partial charge in [0.1, 0.15) is 11.8 Å². The number of allylic oxidation sites excluding steroid dienone is 2. The Balaban J connectivity index is 1.76. The van der Waals surface area contributed by atoms with E-state index in [9.17, 15) is 8.42 Å². The minimum atomic E-state index is -3.68. The van der Waals surface area contributed by atoms with Gasteiger partial charge in [0, 0.05) is 6.20 Å². The number of primary sulfonamides is 1. The van der Waals surface area contributed by atoms with E-state index in [1.54, 1.807) is 24.4 Å². The molecule has 1 aromatic carbocycles. The van der Waals surface area contributed by atoms with Crippen LogP contribution in [-0.4, -0.2) is 13.4 Å². The monoisotopic (exact) mass is 351 g/mol. The minimum Gasteiger partial charge on any atom is -0.245 e. The van der Waals surface area contributed by atoms with E-state index in [2.05, 4.69) is 4.98 Å². The molecule has 2 aromatic rings. The molecule has 1 saturated carbocycles. The number of nitrogens with two attached hydrogens (primary N) is 1. The molecule has 0 saturated heterocycles. The van der Waals surface area contributed by atoms with Crippen LogP contribution in [0.25, 0.3) is 11.1 Å². The summed E-state index contributed by atoms with van der Waals surface area (Å²) in [4.78, 5) is 4.32. The molecule has 0 atom stereocenters. The summed E-state index contributed by atoms with van der Waals surface area (Å²) in [7, 11) is -3.68. The Kier molecular flexibility index (Phi) is 3.53. The fourth-order valence-corrected chi connectivity index (χ4v) is 4.11. The van der Waals surface area contributed by atoms with Crippen LogP contribution in [0.1, 0.15) is 42.5 Å². The molecule has 126 valence electrons. The Morgan fingerprint density at radius 2 is 1.60 bits per heavy atom. The smallest absolute Gasteiger partial charge is 0.238 e. The molecule has 1 heterocycles. The average Bonchev–Trinajstić information content (AvgIpc) is 3.25. The van der Waals surface area contributed by atoms with Crippen LogP contribution in [0.5, 0.6) is 0 Å². The number of nitrogens with zero attached hydrogens (tertiary/aromatic N) is 2. The molecule has 0 radical (unpaired) electrons. The highest BCUT2D eigenvalue weighted by Gasteiger charge is 2.48. The van der Waals surface area contributed by atoms with E-state index in [0.29, 0.717) is 11.1 Å². The van der Waals surface area contributed by atoms with E-state index in [1.807, 2.05) is 24.3 Å². The molecule has 1 aromatic heterocycles. The molecule has 2 aliphatic carbocycles. The quantitative estimate of drug-likeness (QED) is 0.919. The van der Waals surface area contributed by atoms with E-state index in [4.69, 9.17) is 10.4 Å². The lowest BCUT2D eigenvalue weighted by molar-refractivity contribution is 0.568. The van der Waals surface area contributed by atoms with Gasteiger partial charge in [-0.1, -0.05) is 18.2 Å². The molecule has 2 aliphatic rings. The van der Waals surface area contributed by atoms with Crippen molar-refractivity contribution in [3.63, 3.8) is 0 Å². The number of benzene rings is 1. The Morgan fingerprint density at radius 3 is 2.08 bits per heavy atom. The summed E-state index contributed by atoms with van der Waals surface area (Å²) in [6.07, 6.45) is 6.20. The topological polar surface area (TPSA) is 96.8 Å². The number of sulfonamides is 1. The van der Waals surface area contributed by atoms with E-state index < -0.39 is 10.0 Å². The van der Waals surface area contributed by atoms with Crippen molar-refractivity contribution < 1.29 is 8.42 Å². The lowest BCUT2D eigenvalue weighted by Crippen LogP contribution is -2.11. The zero-order chi connectivity index (χ0) is 17.7. The number of pyridine rings is 1. The maximum atomic E-state index is 11.5. The fourth-order valence-electron chi connectivity index (χ4n) is 3.59. The van der Waals surface area contributed by atoms with Gasteiger partial charge < -0.3 is 0 Å². The number of nitriles is 1. The lowest BCUT2D eigenvalue weighted by atomic mass is 9.98. The molecule has 5 nitrogen and oxygen atoms in total. The third-order valence-corrected chi connectivity index (χ3v) is 6.11. The molecule has 4 rings (SSSR count). The predicted molar refractivity (Wildman–Crippen MR) is 94.5 cm³/mol. The van der Waals surface area contributed by atoms with Crippen LogP contribution in [0.3, 0.4) is 0 Å². The van der Waals surface area contributed by atoms with E-state index in [-0.39, 0.29) is 4.90 Å². The van der Waals surface area contributed by atoms with E-state index >= 15 is 0 Å². The van der Waals surface area contributed by atoms with Gasteiger partial charge in [0.05, 0.1) is 4.90 Å². The van der Waals surface area contributed by atoms with Crippen molar-refractivity contribution in [2.75, 3.05) is 0 Å². The summed E-state index contributed by atoms with van der Waals surface area (Å²) in [5.41, 5.74) is 5.31. The minimum absolute atomic E-state index is 0.123. The predicted octanol–water partition coefficient (Wildman–Crippen LogP) is 3.09. The van der Waals surface area contributed by atoms with Gasteiger partial charge >= 0.3 is 0 Å². The van der Waals surface area contributed by atoms with E-state index in [0.717, 1.165) is 24.0 Å². The average molecular weight is 351 g/mol. The van der Waals surface area contributed by atoms with Crippen molar-refractivity contribution >= 4 is 21.2 Å². The Labute approximate surface area is 146 Å². The van der Waals surface area contributed by atoms with Gasteiger partial charge in [-0.3, -0.25) is 0 Å². The van der Waals surface area contributed by atoms with Gasteiger partial charge in [-0.05, 0) is 71.6 Å². The summed E-state index contributed by atoms with van der Waals surface area (Å²) in [6.45, 7) is 0. The zero-order valence-corrected chi connectivity index (χ0v) is 14.4. The summed E-state index contributed by atoms with van der Waals surface area (Å²) in [5, 5.41) is 14.1. The van der Waals surface area contributed by atoms with Crippen LogP contribution in [0, 0.1) is 16.7 Å². The fraction of sp³-hybridized carbons (Fsp3) is 0.263. The van der Waals surface area contributed by atoms with Gasteiger partial charge in [-0.25, -0.2) is 18.5 Å². The van der Waals surface area contributed by atoms with Gasteiger partial charge in [0.2, 0.25) is 10.0 Å². The number of rotatable bonds is 3. The van der Waals surface area contributed by atoms with E-state index in [1.165, 1.54) is 24.0 Å². The number of hydrogen-bond donors (Lipinski definition) is 1. The molecule has 0 amide bonds. The summed E-state index contributed by atoms with van der Waals surface area (Å²) in [6, 6.07) is 12.5. The van der Waals surface area contributed by atoms with Gasteiger partial charge in [0.25, 0.3) is 0 Å². The van der Waals surface area contributed by atoms with Crippen molar-refractivity contribution in [3.8, 4) is 6.07 Å². The molecule has 0 bridgehead atoms. The second kappa shape index (κ2) is 5.51. The van der Waals surface area contributed by atoms with Gasteiger partial charge in [-0.15, -0.1) is 0 Å². The highest BCUT2D eigenvalue weighted by molar-refractivity contribution is 7.89. The van der Waals surface area contributed by atoms with Crippen LogP contribution in [0.2, 0.25) is 0 Å². The first kappa shape index (κ1) is 16.0. The van der Waals surface area contributed by atoms with Gasteiger partial charge in [0.15, 0.2) is 0 Å². The molecule has 25 heavy (non-hydrogen) atoms. The molecule has 0 aliphatic heterocycles. The number of hydrogen-bond acceptors (Lipinski definition) is 4. The lowest BCUT2D eigenvalue weighted by Gasteiger charge is -2.09. The molecular weight excluding hydrogens is 334 g/mol. The van der Waals surface area contributed by atoms with Crippen molar-refractivity contribution in [2.45, 2.75) is 30.6 Å². The molecular formula is C19H17N3O2S. The third kappa shape index (κ3) is 2.97. The Morgan fingerprint density at radius 1 is 1.00 bits per heavy atom. The molecule has 1 fully saturated rings. The maximum Gasteiger partial charge on any atom is 0.238 e. The maximum absolute atomic E-state index is 11.5. The standard InChI is InChI=1S/C19H17N3O2S/c20-11-15-4-1-14(12-22-15)18-10-19(7-8-19)9-17(18)13-2-5-16(6-3-13)25(21,23)24/h1-6,12H,7-10H2,(H2,21,23,24). The Bertz CT molecular complexity index is 1010. The van der Waals surface area contributed by atoms with Crippen molar-refractivity contribution in [2.24, 2.45) is 10.6 Å². The first-order valence-corrected chi connectivity index (χ1v) is 9.67. The number of aromatic nitrogens is 1. The molecule has 2 N–H and O–H groups in total.